The zero-order valence-corrected chi connectivity index (χ0v) is 13.1. The quantitative estimate of drug-likeness (QED) is 0.944. The van der Waals surface area contributed by atoms with E-state index in [1.807, 2.05) is 24.4 Å². The molecule has 3 rings (SSSR count). The van der Waals surface area contributed by atoms with Crippen LogP contribution in [-0.4, -0.2) is 47.7 Å². The van der Waals surface area contributed by atoms with Crippen molar-refractivity contribution in [2.24, 2.45) is 0 Å². The number of nitrogens with zero attached hydrogens (tertiary/aromatic N) is 1. The number of benzene rings is 1. The van der Waals surface area contributed by atoms with Crippen molar-refractivity contribution in [1.29, 1.82) is 0 Å². The zero-order valence-electron chi connectivity index (χ0n) is 12.2. The van der Waals surface area contributed by atoms with Gasteiger partial charge in [0.05, 0.1) is 24.7 Å². The molecule has 1 aliphatic rings. The van der Waals surface area contributed by atoms with Crippen LogP contribution in [0.5, 0.6) is 0 Å². The molecule has 1 atom stereocenters. The molecule has 5 nitrogen and oxygen atoms in total. The minimum Gasteiger partial charge on any atom is -0.481 e. The van der Waals surface area contributed by atoms with Gasteiger partial charge >= 0.3 is 5.97 Å². The molecule has 1 amide bonds. The van der Waals surface area contributed by atoms with Crippen molar-refractivity contribution in [2.45, 2.75) is 19.4 Å². The number of ether oxygens (including phenoxy) is 1. The van der Waals surface area contributed by atoms with Gasteiger partial charge in [-0.05, 0) is 18.6 Å². The van der Waals surface area contributed by atoms with Crippen LogP contribution in [0.15, 0.2) is 23.6 Å². The van der Waals surface area contributed by atoms with E-state index in [0.29, 0.717) is 25.3 Å². The first kappa shape index (κ1) is 15.0. The van der Waals surface area contributed by atoms with Crippen LogP contribution in [0.1, 0.15) is 22.3 Å². The largest absolute Gasteiger partial charge is 0.481 e. The van der Waals surface area contributed by atoms with Crippen LogP contribution in [0.2, 0.25) is 0 Å². The summed E-state index contributed by atoms with van der Waals surface area (Å²) in [6, 6.07) is 6.05. The number of carbonyl (C=O) groups is 2. The van der Waals surface area contributed by atoms with Gasteiger partial charge in [-0.2, -0.15) is 0 Å². The molecular formula is C16H17NO4S. The summed E-state index contributed by atoms with van der Waals surface area (Å²) in [6.07, 6.45) is -0.504. The van der Waals surface area contributed by atoms with Crippen LogP contribution in [0.25, 0.3) is 10.1 Å². The Hall–Kier alpha value is -1.92. The van der Waals surface area contributed by atoms with Gasteiger partial charge in [-0.1, -0.05) is 12.1 Å². The SMILES string of the molecule is Cc1ccc2c(C(=O)N3CCOC(CC(=O)O)C3)csc2c1. The third kappa shape index (κ3) is 2.98. The predicted molar refractivity (Wildman–Crippen MR) is 84.5 cm³/mol. The van der Waals surface area contributed by atoms with Crippen molar-refractivity contribution in [3.8, 4) is 0 Å². The average Bonchev–Trinajstić information content (AvgIpc) is 2.89. The Morgan fingerprint density at radius 2 is 2.27 bits per heavy atom. The highest BCUT2D eigenvalue weighted by Crippen LogP contribution is 2.28. The first-order valence-corrected chi connectivity index (χ1v) is 8.03. The van der Waals surface area contributed by atoms with E-state index in [1.54, 1.807) is 16.2 Å². The number of thiophene rings is 1. The van der Waals surface area contributed by atoms with Gasteiger partial charge in [0.25, 0.3) is 5.91 Å². The number of hydrogen-bond acceptors (Lipinski definition) is 4. The lowest BCUT2D eigenvalue weighted by atomic mass is 10.1. The fourth-order valence-electron chi connectivity index (χ4n) is 2.69. The summed E-state index contributed by atoms with van der Waals surface area (Å²) in [5, 5.41) is 11.7. The fourth-order valence-corrected chi connectivity index (χ4v) is 3.72. The summed E-state index contributed by atoms with van der Waals surface area (Å²) in [5.74, 6) is -0.954. The molecule has 1 fully saturated rings. The van der Waals surface area contributed by atoms with Crippen LogP contribution in [0.4, 0.5) is 0 Å². The van der Waals surface area contributed by atoms with Crippen molar-refractivity contribution >= 4 is 33.3 Å². The normalized spacial score (nSPS) is 18.6. The monoisotopic (exact) mass is 319 g/mol. The molecule has 2 heterocycles. The van der Waals surface area contributed by atoms with Crippen LogP contribution >= 0.6 is 11.3 Å². The van der Waals surface area contributed by atoms with Crippen molar-refractivity contribution in [1.82, 2.24) is 4.90 Å². The van der Waals surface area contributed by atoms with E-state index in [2.05, 4.69) is 6.07 Å². The molecule has 0 aliphatic carbocycles. The van der Waals surface area contributed by atoms with Crippen LogP contribution in [0.3, 0.4) is 0 Å². The van der Waals surface area contributed by atoms with Gasteiger partial charge in [0.15, 0.2) is 0 Å². The molecule has 1 aromatic carbocycles. The maximum absolute atomic E-state index is 12.7. The number of fused-ring (bicyclic) bond motifs is 1. The maximum Gasteiger partial charge on any atom is 0.306 e. The van der Waals surface area contributed by atoms with Crippen LogP contribution < -0.4 is 0 Å². The van der Waals surface area contributed by atoms with Crippen molar-refractivity contribution in [3.63, 3.8) is 0 Å². The molecule has 0 spiro atoms. The number of carboxylic acid groups (broad SMARTS) is 1. The minimum atomic E-state index is -0.907. The molecule has 22 heavy (non-hydrogen) atoms. The molecule has 0 saturated carbocycles. The molecular weight excluding hydrogens is 302 g/mol. The summed E-state index contributed by atoms with van der Waals surface area (Å²) in [4.78, 5) is 25.2. The smallest absolute Gasteiger partial charge is 0.306 e. The fraction of sp³-hybridized carbons (Fsp3) is 0.375. The lowest BCUT2D eigenvalue weighted by Gasteiger charge is -2.32. The highest BCUT2D eigenvalue weighted by atomic mass is 32.1. The molecule has 1 aromatic heterocycles. The second-order valence-electron chi connectivity index (χ2n) is 5.49. The third-order valence-corrected chi connectivity index (χ3v) is 4.73. The summed E-state index contributed by atoms with van der Waals surface area (Å²) < 4.78 is 6.51. The van der Waals surface area contributed by atoms with Gasteiger partial charge in [0.2, 0.25) is 0 Å². The highest BCUT2D eigenvalue weighted by Gasteiger charge is 2.27. The molecule has 116 valence electrons. The molecule has 6 heteroatoms. The van der Waals surface area contributed by atoms with Crippen molar-refractivity contribution < 1.29 is 19.4 Å². The third-order valence-electron chi connectivity index (χ3n) is 3.79. The lowest BCUT2D eigenvalue weighted by molar-refractivity contribution is -0.141. The summed E-state index contributed by atoms with van der Waals surface area (Å²) >= 11 is 1.56. The van der Waals surface area contributed by atoms with Gasteiger partial charge in [0.1, 0.15) is 0 Å². The second kappa shape index (κ2) is 6.06. The Balaban J connectivity index is 1.81. The van der Waals surface area contributed by atoms with Gasteiger partial charge in [-0.3, -0.25) is 9.59 Å². The van der Waals surface area contributed by atoms with Gasteiger partial charge in [-0.25, -0.2) is 0 Å². The minimum absolute atomic E-state index is 0.0474. The Morgan fingerprint density at radius 3 is 3.05 bits per heavy atom. The number of amides is 1. The second-order valence-corrected chi connectivity index (χ2v) is 6.40. The van der Waals surface area contributed by atoms with E-state index in [0.717, 1.165) is 10.1 Å². The van der Waals surface area contributed by atoms with E-state index < -0.39 is 12.1 Å². The Kier molecular flexibility index (Phi) is 4.13. The van der Waals surface area contributed by atoms with E-state index in [4.69, 9.17) is 9.84 Å². The average molecular weight is 319 g/mol. The van der Waals surface area contributed by atoms with E-state index in [9.17, 15) is 9.59 Å². The number of carboxylic acids is 1. The summed E-state index contributed by atoms with van der Waals surface area (Å²) in [7, 11) is 0. The topological polar surface area (TPSA) is 66.8 Å². The summed E-state index contributed by atoms with van der Waals surface area (Å²) in [6.45, 7) is 3.23. The number of rotatable bonds is 3. The molecule has 1 saturated heterocycles. The first-order valence-electron chi connectivity index (χ1n) is 7.15. The van der Waals surface area contributed by atoms with Gasteiger partial charge in [-0.15, -0.1) is 11.3 Å². The zero-order chi connectivity index (χ0) is 15.7. The summed E-state index contributed by atoms with van der Waals surface area (Å²) in [5.41, 5.74) is 1.86. The van der Waals surface area contributed by atoms with E-state index in [-0.39, 0.29) is 12.3 Å². The van der Waals surface area contributed by atoms with Gasteiger partial charge in [0, 0.05) is 28.6 Å². The Morgan fingerprint density at radius 1 is 1.45 bits per heavy atom. The Bertz CT molecular complexity index is 724. The standard InChI is InChI=1S/C16H17NO4S/c1-10-2-3-12-13(9-22-14(12)6-10)16(20)17-4-5-21-11(8-17)7-15(18)19/h2-3,6,9,11H,4-5,7-8H2,1H3,(H,18,19). The van der Waals surface area contributed by atoms with E-state index >= 15 is 0 Å². The molecule has 1 N–H and O–H groups in total. The highest BCUT2D eigenvalue weighted by molar-refractivity contribution is 7.17. The number of aliphatic carboxylic acids is 1. The van der Waals surface area contributed by atoms with Crippen LogP contribution in [-0.2, 0) is 9.53 Å². The van der Waals surface area contributed by atoms with Crippen LogP contribution in [0, 0.1) is 6.92 Å². The van der Waals surface area contributed by atoms with E-state index in [1.165, 1.54) is 5.56 Å². The predicted octanol–water partition coefficient (Wildman–Crippen LogP) is 2.53. The van der Waals surface area contributed by atoms with Crippen molar-refractivity contribution in [3.05, 3.63) is 34.7 Å². The maximum atomic E-state index is 12.7. The number of morpholine rings is 1. The molecule has 1 aliphatic heterocycles. The lowest BCUT2D eigenvalue weighted by Crippen LogP contribution is -2.46. The number of aryl methyl sites for hydroxylation is 1. The Labute approximate surface area is 132 Å². The molecule has 0 bridgehead atoms. The van der Waals surface area contributed by atoms with Crippen molar-refractivity contribution in [2.75, 3.05) is 19.7 Å². The molecule has 0 radical (unpaired) electrons. The number of hydrogen-bond donors (Lipinski definition) is 1. The first-order chi connectivity index (χ1) is 10.5. The molecule has 2 aromatic rings. The van der Waals surface area contributed by atoms with Gasteiger partial charge < -0.3 is 14.7 Å². The molecule has 1 unspecified atom stereocenters. The number of carbonyl (C=O) groups excluding carboxylic acids is 1.